The highest BCUT2D eigenvalue weighted by molar-refractivity contribution is 8.23. The lowest BCUT2D eigenvalue weighted by atomic mass is 9.63. The van der Waals surface area contributed by atoms with E-state index in [1.165, 1.54) is 18.2 Å². The zero-order valence-corrected chi connectivity index (χ0v) is 22.7. The Bertz CT molecular complexity index is 1390. The first kappa shape index (κ1) is 27.2. The molecule has 2 aromatic carbocycles. The summed E-state index contributed by atoms with van der Waals surface area (Å²) in [4.78, 5) is 14.3. The van der Waals surface area contributed by atoms with Gasteiger partial charge in [0.1, 0.15) is 16.2 Å². The van der Waals surface area contributed by atoms with E-state index in [1.54, 1.807) is 12.1 Å². The van der Waals surface area contributed by atoms with E-state index in [2.05, 4.69) is 28.3 Å². The number of aliphatic hydroxyl groups is 1. The highest BCUT2D eigenvalue weighted by Gasteiger charge is 2.48. The molecule has 1 heterocycles. The van der Waals surface area contributed by atoms with Crippen LogP contribution < -0.4 is 10.0 Å². The Morgan fingerprint density at radius 2 is 1.70 bits per heavy atom. The number of ketones is 1. The lowest BCUT2D eigenvalue weighted by Crippen LogP contribution is -2.44. The Morgan fingerprint density at radius 3 is 2.32 bits per heavy atom. The average Bonchev–Trinajstić information content (AvgIpc) is 2.83. The first-order valence-corrected chi connectivity index (χ1v) is 15.7. The summed E-state index contributed by atoms with van der Waals surface area (Å²) in [6.45, 7) is 4.12. The van der Waals surface area contributed by atoms with E-state index >= 15 is 0 Å². The van der Waals surface area contributed by atoms with E-state index in [1.807, 2.05) is 12.1 Å². The SMILES string of the molecule is CCCCC1(CCCC)C(=O)C(C2=NS(O)(O)c3cc(NS(C)(=O)=O)ccc3N2)=C(O)c2ccccc21. The number of amidine groups is 1. The van der Waals surface area contributed by atoms with Gasteiger partial charge in [-0.25, -0.2) is 8.42 Å². The number of sulfonamides is 1. The number of aliphatic hydroxyl groups excluding tert-OH is 1. The van der Waals surface area contributed by atoms with Gasteiger partial charge < -0.3 is 10.4 Å². The number of carbonyl (C=O) groups is 1. The zero-order chi connectivity index (χ0) is 27.0. The molecule has 0 fully saturated rings. The van der Waals surface area contributed by atoms with E-state index in [-0.39, 0.29) is 39.2 Å². The zero-order valence-electron chi connectivity index (χ0n) is 21.1. The van der Waals surface area contributed by atoms with E-state index < -0.39 is 26.2 Å². The van der Waals surface area contributed by atoms with E-state index in [9.17, 15) is 27.4 Å². The standard InChI is InChI=1S/C26H33N3O6S2/c1-4-6-14-26(15-7-5-2)19-11-9-8-10-18(19)23(30)22(24(26)31)25-27-20-13-12-17(28-36(3,32)33)16-21(20)37(34,35)29-25/h8-13,16,28,30,34-35H,4-7,14-15H2,1-3H3,(H,27,29). The third kappa shape index (κ3) is 5.13. The molecule has 0 saturated carbocycles. The average molecular weight is 548 g/mol. The van der Waals surface area contributed by atoms with Gasteiger partial charge in [-0.3, -0.25) is 18.6 Å². The van der Waals surface area contributed by atoms with Gasteiger partial charge in [0.2, 0.25) is 10.0 Å². The van der Waals surface area contributed by atoms with E-state index in [0.717, 1.165) is 37.5 Å². The van der Waals surface area contributed by atoms with Crippen LogP contribution in [0.15, 0.2) is 57.3 Å². The summed E-state index contributed by atoms with van der Waals surface area (Å²) in [6.07, 6.45) is 5.59. The molecule has 1 aliphatic carbocycles. The number of fused-ring (bicyclic) bond motifs is 2. The van der Waals surface area contributed by atoms with Crippen molar-refractivity contribution >= 4 is 49.6 Å². The topological polar surface area (TPSA) is 148 Å². The fourth-order valence-corrected chi connectivity index (χ4v) is 6.82. The molecule has 1 aliphatic heterocycles. The molecule has 37 heavy (non-hydrogen) atoms. The van der Waals surface area contributed by atoms with Gasteiger partial charge in [-0.2, -0.15) is 0 Å². The Labute approximate surface area is 219 Å². The van der Waals surface area contributed by atoms with Gasteiger partial charge in [-0.1, -0.05) is 74.6 Å². The van der Waals surface area contributed by atoms with Crippen molar-refractivity contribution in [2.45, 2.75) is 62.7 Å². The van der Waals surface area contributed by atoms with Gasteiger partial charge in [-0.05, 0) is 36.6 Å². The first-order chi connectivity index (χ1) is 17.4. The molecular weight excluding hydrogens is 514 g/mol. The van der Waals surface area contributed by atoms with Crippen molar-refractivity contribution in [3.63, 3.8) is 0 Å². The smallest absolute Gasteiger partial charge is 0.229 e. The summed E-state index contributed by atoms with van der Waals surface area (Å²) in [5, 5.41) is 14.3. The third-order valence-electron chi connectivity index (χ3n) is 6.80. The molecule has 0 spiro atoms. The van der Waals surface area contributed by atoms with Crippen LogP contribution in [-0.4, -0.2) is 40.5 Å². The first-order valence-electron chi connectivity index (χ1n) is 12.3. The number of anilines is 2. The maximum absolute atomic E-state index is 14.3. The number of hydrogen-bond donors (Lipinski definition) is 5. The van der Waals surface area contributed by atoms with Gasteiger partial charge in [-0.15, -0.1) is 4.40 Å². The maximum Gasteiger partial charge on any atom is 0.229 e. The van der Waals surface area contributed by atoms with E-state index in [0.29, 0.717) is 18.4 Å². The summed E-state index contributed by atoms with van der Waals surface area (Å²) >= 11 is 0. The Kier molecular flexibility index (Phi) is 7.44. The van der Waals surface area contributed by atoms with Crippen molar-refractivity contribution in [2.75, 3.05) is 16.3 Å². The number of rotatable bonds is 9. The molecule has 9 nitrogen and oxygen atoms in total. The summed E-state index contributed by atoms with van der Waals surface area (Å²) in [7, 11) is -7.41. The molecule has 200 valence electrons. The molecule has 0 atom stereocenters. The van der Waals surface area contributed by atoms with Gasteiger partial charge in [0, 0.05) is 5.56 Å². The van der Waals surface area contributed by atoms with Gasteiger partial charge >= 0.3 is 0 Å². The summed E-state index contributed by atoms with van der Waals surface area (Å²) in [5.41, 5.74) is 0.760. The van der Waals surface area contributed by atoms with Crippen molar-refractivity contribution in [3.05, 3.63) is 59.2 Å². The van der Waals surface area contributed by atoms with Crippen molar-refractivity contribution in [1.29, 1.82) is 0 Å². The number of Topliss-reactive ketones (excluding diaryl/α,β-unsaturated/α-hetero) is 1. The fourth-order valence-electron chi connectivity index (χ4n) is 5.07. The maximum atomic E-state index is 14.3. The van der Waals surface area contributed by atoms with Gasteiger partial charge in [0.25, 0.3) is 0 Å². The number of hydrogen-bond acceptors (Lipinski definition) is 8. The van der Waals surface area contributed by atoms with Crippen LogP contribution in [0.25, 0.3) is 5.76 Å². The van der Waals surface area contributed by atoms with Crippen LogP contribution >= 0.6 is 10.8 Å². The molecule has 0 unspecified atom stereocenters. The molecule has 0 bridgehead atoms. The molecular formula is C26H33N3O6S2. The van der Waals surface area contributed by atoms with Crippen molar-refractivity contribution in [1.82, 2.24) is 0 Å². The summed E-state index contributed by atoms with van der Waals surface area (Å²) in [5.74, 6) is -0.680. The normalized spacial score (nSPS) is 18.8. The van der Waals surface area contributed by atoms with Crippen LogP contribution in [0.5, 0.6) is 0 Å². The summed E-state index contributed by atoms with van der Waals surface area (Å²) in [6, 6.07) is 11.5. The molecule has 2 aromatic rings. The van der Waals surface area contributed by atoms with Crippen LogP contribution in [0.2, 0.25) is 0 Å². The molecule has 5 N–H and O–H groups in total. The van der Waals surface area contributed by atoms with Gasteiger partial charge in [0.05, 0.1) is 23.0 Å². The van der Waals surface area contributed by atoms with Crippen molar-refractivity contribution < 1.29 is 27.4 Å². The monoisotopic (exact) mass is 547 g/mol. The Morgan fingerprint density at radius 1 is 1.05 bits per heavy atom. The second-order valence-electron chi connectivity index (χ2n) is 9.56. The lowest BCUT2D eigenvalue weighted by molar-refractivity contribution is -0.121. The van der Waals surface area contributed by atoms with Crippen LogP contribution in [0, 0.1) is 0 Å². The van der Waals surface area contributed by atoms with E-state index in [4.69, 9.17) is 0 Å². The third-order valence-corrected chi connectivity index (χ3v) is 8.77. The van der Waals surface area contributed by atoms with Crippen LogP contribution in [0.3, 0.4) is 0 Å². The molecule has 0 amide bonds. The van der Waals surface area contributed by atoms with Crippen molar-refractivity contribution in [2.24, 2.45) is 4.40 Å². The Balaban J connectivity index is 1.86. The Hall–Kier alpha value is -2.86. The number of carbonyl (C=O) groups excluding carboxylic acids is 1. The minimum absolute atomic E-state index is 0.0168. The number of nitrogens with zero attached hydrogens (tertiary/aromatic N) is 1. The quantitative estimate of drug-likeness (QED) is 0.256. The second kappa shape index (κ2) is 10.1. The molecule has 4 rings (SSSR count). The van der Waals surface area contributed by atoms with Gasteiger partial charge in [0.15, 0.2) is 11.6 Å². The minimum Gasteiger partial charge on any atom is -0.506 e. The summed E-state index contributed by atoms with van der Waals surface area (Å²) < 4.78 is 51.6. The lowest BCUT2D eigenvalue weighted by Gasteiger charge is -2.40. The molecule has 0 radical (unpaired) electrons. The van der Waals surface area contributed by atoms with Crippen LogP contribution in [0.4, 0.5) is 11.4 Å². The largest absolute Gasteiger partial charge is 0.506 e. The van der Waals surface area contributed by atoms with Crippen LogP contribution in [-0.2, 0) is 20.2 Å². The second-order valence-corrected chi connectivity index (χ2v) is 13.0. The highest BCUT2D eigenvalue weighted by atomic mass is 32.3. The predicted octanol–water partition coefficient (Wildman–Crippen LogP) is 6.08. The highest BCUT2D eigenvalue weighted by Crippen LogP contribution is 2.57. The molecule has 11 heteroatoms. The molecule has 0 aromatic heterocycles. The minimum atomic E-state index is -3.82. The van der Waals surface area contributed by atoms with Crippen molar-refractivity contribution in [3.8, 4) is 0 Å². The van der Waals surface area contributed by atoms with Crippen LogP contribution in [0.1, 0.15) is 63.5 Å². The number of benzene rings is 2. The molecule has 2 aliphatic rings. The number of unbranched alkanes of at least 4 members (excludes halogenated alkanes) is 2. The predicted molar refractivity (Wildman–Crippen MR) is 149 cm³/mol. The molecule has 0 saturated heterocycles. The number of nitrogens with one attached hydrogen (secondary N) is 2. The fraction of sp³-hybridized carbons (Fsp3) is 0.385.